The minimum atomic E-state index is -4.42. The van der Waals surface area contributed by atoms with Crippen LogP contribution in [0.5, 0.6) is 0 Å². The molecule has 32 heavy (non-hydrogen) atoms. The number of benzene rings is 1. The molecular formula is C22H35F3IN5O. The van der Waals surface area contributed by atoms with Crippen LogP contribution in [0, 0.1) is 0 Å². The zero-order valence-corrected chi connectivity index (χ0v) is 21.0. The third-order valence-corrected chi connectivity index (χ3v) is 5.70. The zero-order chi connectivity index (χ0) is 22.1. The van der Waals surface area contributed by atoms with Gasteiger partial charge in [-0.25, -0.2) is 4.99 Å². The van der Waals surface area contributed by atoms with Crippen LogP contribution >= 0.6 is 24.0 Å². The molecule has 1 aromatic rings. The predicted octanol–water partition coefficient (Wildman–Crippen LogP) is 3.70. The predicted molar refractivity (Wildman–Crippen MR) is 133 cm³/mol. The van der Waals surface area contributed by atoms with Gasteiger partial charge in [-0.05, 0) is 50.6 Å². The zero-order valence-electron chi connectivity index (χ0n) is 18.7. The smallest absolute Gasteiger partial charge is 0.378 e. The van der Waals surface area contributed by atoms with Crippen molar-refractivity contribution in [2.24, 2.45) is 4.99 Å². The van der Waals surface area contributed by atoms with Crippen molar-refractivity contribution in [2.45, 2.75) is 38.9 Å². The first-order valence-electron chi connectivity index (χ1n) is 11.2. The molecular weight excluding hydrogens is 534 g/mol. The summed E-state index contributed by atoms with van der Waals surface area (Å²) >= 11 is 0. The molecule has 3 rings (SSSR count). The van der Waals surface area contributed by atoms with Crippen LogP contribution < -0.4 is 15.5 Å². The van der Waals surface area contributed by atoms with Crippen LogP contribution in [-0.4, -0.2) is 69.9 Å². The standard InChI is InChI=1S/C22H34F3N5O.HI/c1-2-26-21(27-8-11-29-9-4-3-5-10-29)28-17-18-6-7-19(16-20(18)22(23,24)25)30-12-14-31-15-13-30;/h6-7,16H,2-5,8-15,17H2,1H3,(H2,26,27,28);1H. The molecule has 0 radical (unpaired) electrons. The summed E-state index contributed by atoms with van der Waals surface area (Å²) in [5.74, 6) is 0.546. The Hall–Kier alpha value is -1.27. The Morgan fingerprint density at radius 3 is 2.44 bits per heavy atom. The van der Waals surface area contributed by atoms with Gasteiger partial charge in [0.25, 0.3) is 0 Å². The number of alkyl halides is 3. The molecule has 0 aromatic heterocycles. The molecule has 1 aromatic carbocycles. The van der Waals surface area contributed by atoms with Crippen LogP contribution in [0.1, 0.15) is 37.3 Å². The summed E-state index contributed by atoms with van der Waals surface area (Å²) in [7, 11) is 0. The lowest BCUT2D eigenvalue weighted by molar-refractivity contribution is -0.138. The van der Waals surface area contributed by atoms with E-state index in [1.165, 1.54) is 25.3 Å². The molecule has 0 atom stereocenters. The van der Waals surface area contributed by atoms with Crippen molar-refractivity contribution >= 4 is 35.6 Å². The maximum Gasteiger partial charge on any atom is 0.416 e. The SMILES string of the molecule is CCNC(=NCc1ccc(N2CCOCC2)cc1C(F)(F)F)NCCN1CCCCC1.I. The van der Waals surface area contributed by atoms with Gasteiger partial charge in [-0.1, -0.05) is 12.5 Å². The van der Waals surface area contributed by atoms with Gasteiger partial charge in [-0.2, -0.15) is 13.2 Å². The van der Waals surface area contributed by atoms with Crippen molar-refractivity contribution in [3.63, 3.8) is 0 Å². The number of piperidine rings is 1. The van der Waals surface area contributed by atoms with Crippen LogP contribution in [0.2, 0.25) is 0 Å². The Morgan fingerprint density at radius 2 is 1.78 bits per heavy atom. The summed E-state index contributed by atoms with van der Waals surface area (Å²) < 4.78 is 46.5. The van der Waals surface area contributed by atoms with Crippen molar-refractivity contribution in [2.75, 3.05) is 63.9 Å². The number of nitrogens with one attached hydrogen (secondary N) is 2. The Balaban J connectivity index is 0.00000363. The van der Waals surface area contributed by atoms with E-state index < -0.39 is 11.7 Å². The highest BCUT2D eigenvalue weighted by molar-refractivity contribution is 14.0. The highest BCUT2D eigenvalue weighted by Gasteiger charge is 2.34. The second-order valence-electron chi connectivity index (χ2n) is 7.96. The van der Waals surface area contributed by atoms with Gasteiger partial charge in [0, 0.05) is 38.4 Å². The van der Waals surface area contributed by atoms with Crippen LogP contribution in [0.3, 0.4) is 0 Å². The summed E-state index contributed by atoms with van der Waals surface area (Å²) in [5.41, 5.74) is 0.136. The Labute approximate surface area is 206 Å². The summed E-state index contributed by atoms with van der Waals surface area (Å²) in [6.45, 7) is 8.67. The molecule has 0 spiro atoms. The molecule has 2 aliphatic heterocycles. The van der Waals surface area contributed by atoms with Gasteiger partial charge >= 0.3 is 6.18 Å². The molecule has 2 aliphatic rings. The molecule has 0 amide bonds. The van der Waals surface area contributed by atoms with Gasteiger partial charge in [0.15, 0.2) is 5.96 Å². The van der Waals surface area contributed by atoms with Crippen LogP contribution in [0.4, 0.5) is 18.9 Å². The number of rotatable bonds is 7. The summed E-state index contributed by atoms with van der Waals surface area (Å²) in [6.07, 6.45) is -0.670. The number of aliphatic imine (C=N–C) groups is 1. The van der Waals surface area contributed by atoms with Crippen LogP contribution in [0.25, 0.3) is 0 Å². The van der Waals surface area contributed by atoms with Crippen molar-refractivity contribution < 1.29 is 17.9 Å². The third-order valence-electron chi connectivity index (χ3n) is 5.70. The average Bonchev–Trinajstić information content (AvgIpc) is 2.78. The van der Waals surface area contributed by atoms with Crippen molar-refractivity contribution in [1.82, 2.24) is 15.5 Å². The van der Waals surface area contributed by atoms with Gasteiger partial charge < -0.3 is 25.2 Å². The quantitative estimate of drug-likeness (QED) is 0.298. The fourth-order valence-electron chi connectivity index (χ4n) is 4.01. The van der Waals surface area contributed by atoms with E-state index in [-0.39, 0.29) is 36.1 Å². The van der Waals surface area contributed by atoms with E-state index in [4.69, 9.17) is 4.74 Å². The molecule has 2 saturated heterocycles. The molecule has 2 N–H and O–H groups in total. The number of morpholine rings is 1. The second-order valence-corrected chi connectivity index (χ2v) is 7.96. The molecule has 6 nitrogen and oxygen atoms in total. The number of guanidine groups is 1. The Morgan fingerprint density at radius 1 is 1.06 bits per heavy atom. The van der Waals surface area contributed by atoms with E-state index in [0.717, 1.165) is 19.6 Å². The van der Waals surface area contributed by atoms with Crippen molar-refractivity contribution in [3.8, 4) is 0 Å². The highest BCUT2D eigenvalue weighted by Crippen LogP contribution is 2.35. The lowest BCUT2D eigenvalue weighted by Crippen LogP contribution is -2.42. The first-order chi connectivity index (χ1) is 15.0. The lowest BCUT2D eigenvalue weighted by atomic mass is 10.1. The fourth-order valence-corrected chi connectivity index (χ4v) is 4.01. The minimum Gasteiger partial charge on any atom is -0.378 e. The number of anilines is 1. The summed E-state index contributed by atoms with van der Waals surface area (Å²) in [6, 6.07) is 4.55. The molecule has 2 fully saturated rings. The minimum absolute atomic E-state index is 0. The molecule has 0 aliphatic carbocycles. The lowest BCUT2D eigenvalue weighted by Gasteiger charge is -2.29. The van der Waals surface area contributed by atoms with Crippen LogP contribution in [-0.2, 0) is 17.5 Å². The molecule has 0 saturated carbocycles. The average molecular weight is 569 g/mol. The van der Waals surface area contributed by atoms with E-state index in [9.17, 15) is 13.2 Å². The first-order valence-corrected chi connectivity index (χ1v) is 11.2. The molecule has 0 unspecified atom stereocenters. The van der Waals surface area contributed by atoms with Crippen LogP contribution in [0.15, 0.2) is 23.2 Å². The first kappa shape index (κ1) is 27.0. The number of ether oxygens (including phenoxy) is 1. The number of halogens is 4. The number of hydrogen-bond acceptors (Lipinski definition) is 4. The van der Waals surface area contributed by atoms with E-state index in [0.29, 0.717) is 51.0 Å². The summed E-state index contributed by atoms with van der Waals surface area (Å²) in [5, 5.41) is 6.38. The Bertz CT molecular complexity index is 720. The van der Waals surface area contributed by atoms with Gasteiger partial charge in [0.05, 0.1) is 25.3 Å². The second kappa shape index (κ2) is 13.4. The number of likely N-dealkylation sites (tertiary alicyclic amines) is 1. The van der Waals surface area contributed by atoms with Gasteiger partial charge in [-0.15, -0.1) is 24.0 Å². The molecule has 0 bridgehead atoms. The normalized spacial score (nSPS) is 18.2. The van der Waals surface area contributed by atoms with E-state index in [1.54, 1.807) is 12.1 Å². The largest absolute Gasteiger partial charge is 0.416 e. The topological polar surface area (TPSA) is 52.1 Å². The maximum absolute atomic E-state index is 13.7. The summed E-state index contributed by atoms with van der Waals surface area (Å²) in [4.78, 5) is 8.76. The number of hydrogen-bond donors (Lipinski definition) is 2. The number of nitrogens with zero attached hydrogens (tertiary/aromatic N) is 3. The molecule has 182 valence electrons. The fraction of sp³-hybridized carbons (Fsp3) is 0.682. The highest BCUT2D eigenvalue weighted by atomic mass is 127. The van der Waals surface area contributed by atoms with Gasteiger partial charge in [0.2, 0.25) is 0 Å². The van der Waals surface area contributed by atoms with Gasteiger partial charge in [0.1, 0.15) is 0 Å². The van der Waals surface area contributed by atoms with Gasteiger partial charge in [-0.3, -0.25) is 0 Å². The third kappa shape index (κ3) is 8.26. The molecule has 10 heteroatoms. The van der Waals surface area contributed by atoms with Crippen molar-refractivity contribution in [3.05, 3.63) is 29.3 Å². The Kier molecular flexibility index (Phi) is 11.3. The molecule has 2 heterocycles. The van der Waals surface area contributed by atoms with Crippen molar-refractivity contribution in [1.29, 1.82) is 0 Å². The maximum atomic E-state index is 13.7. The monoisotopic (exact) mass is 569 g/mol. The van der Waals surface area contributed by atoms with E-state index in [2.05, 4.69) is 20.5 Å². The van der Waals surface area contributed by atoms with E-state index >= 15 is 0 Å². The van der Waals surface area contributed by atoms with E-state index in [1.807, 2.05) is 11.8 Å².